The zero-order valence-electron chi connectivity index (χ0n) is 9.13. The van der Waals surface area contributed by atoms with Crippen LogP contribution in [0.15, 0.2) is 18.2 Å². The maximum atomic E-state index is 12.5. The number of hydrogen-bond acceptors (Lipinski definition) is 2. The Morgan fingerprint density at radius 2 is 2.00 bits per heavy atom. The third-order valence-electron chi connectivity index (χ3n) is 2.52. The maximum Gasteiger partial charge on any atom is 0.416 e. The van der Waals surface area contributed by atoms with Crippen molar-refractivity contribution in [2.24, 2.45) is 5.73 Å². The van der Waals surface area contributed by atoms with Gasteiger partial charge in [-0.15, -0.1) is 0 Å². The molecule has 2 atom stereocenters. The van der Waals surface area contributed by atoms with E-state index in [9.17, 15) is 18.3 Å². The van der Waals surface area contributed by atoms with Crippen molar-refractivity contribution in [3.8, 4) is 0 Å². The minimum Gasteiger partial charge on any atom is -0.391 e. The standard InChI is InChI=1S/C11H13ClF3NO/c1-2-9(17)10(16)7-5-6(11(13,14)15)3-4-8(7)12/h3-5,9-10,17H,2,16H2,1H3/t9-,10+/m1/s1. The number of aliphatic hydroxyl groups excluding tert-OH is 1. The molecule has 17 heavy (non-hydrogen) atoms. The number of nitrogens with two attached hydrogens (primary N) is 1. The Morgan fingerprint density at radius 3 is 2.47 bits per heavy atom. The fraction of sp³-hybridized carbons (Fsp3) is 0.455. The van der Waals surface area contributed by atoms with E-state index in [-0.39, 0.29) is 10.6 Å². The predicted molar refractivity (Wildman–Crippen MR) is 59.7 cm³/mol. The first kappa shape index (κ1) is 14.3. The number of alkyl halides is 3. The van der Waals surface area contributed by atoms with Crippen molar-refractivity contribution in [2.45, 2.75) is 31.7 Å². The zero-order valence-corrected chi connectivity index (χ0v) is 9.89. The van der Waals surface area contributed by atoms with Crippen molar-refractivity contribution in [2.75, 3.05) is 0 Å². The third-order valence-corrected chi connectivity index (χ3v) is 2.86. The number of halogens is 4. The summed E-state index contributed by atoms with van der Waals surface area (Å²) in [5.74, 6) is 0. The Labute approximate surface area is 102 Å². The lowest BCUT2D eigenvalue weighted by Crippen LogP contribution is -2.26. The fourth-order valence-corrected chi connectivity index (χ4v) is 1.68. The van der Waals surface area contributed by atoms with E-state index in [0.717, 1.165) is 18.2 Å². The Hall–Kier alpha value is -0.780. The quantitative estimate of drug-likeness (QED) is 0.884. The summed E-state index contributed by atoms with van der Waals surface area (Å²) < 4.78 is 37.5. The first-order valence-corrected chi connectivity index (χ1v) is 5.45. The van der Waals surface area contributed by atoms with E-state index in [0.29, 0.717) is 6.42 Å². The van der Waals surface area contributed by atoms with Crippen LogP contribution in [-0.2, 0) is 6.18 Å². The molecule has 6 heteroatoms. The summed E-state index contributed by atoms with van der Waals surface area (Å²) in [6.45, 7) is 1.69. The molecule has 1 aromatic carbocycles. The van der Waals surface area contributed by atoms with Crippen LogP contribution in [-0.4, -0.2) is 11.2 Å². The van der Waals surface area contributed by atoms with E-state index >= 15 is 0 Å². The van der Waals surface area contributed by atoms with Crippen LogP contribution in [0.5, 0.6) is 0 Å². The molecule has 1 aromatic rings. The molecule has 0 saturated carbocycles. The molecule has 0 radical (unpaired) electrons. The molecule has 0 spiro atoms. The van der Waals surface area contributed by atoms with Gasteiger partial charge in [0.2, 0.25) is 0 Å². The largest absolute Gasteiger partial charge is 0.416 e. The van der Waals surface area contributed by atoms with E-state index in [1.165, 1.54) is 0 Å². The van der Waals surface area contributed by atoms with Crippen molar-refractivity contribution in [1.82, 2.24) is 0 Å². The Bertz CT molecular complexity index is 395. The van der Waals surface area contributed by atoms with Crippen LogP contribution in [0.3, 0.4) is 0 Å². The van der Waals surface area contributed by atoms with Crippen LogP contribution in [0.25, 0.3) is 0 Å². The highest BCUT2D eigenvalue weighted by Gasteiger charge is 2.32. The Balaban J connectivity index is 3.15. The van der Waals surface area contributed by atoms with Crippen molar-refractivity contribution in [3.63, 3.8) is 0 Å². The average molecular weight is 268 g/mol. The van der Waals surface area contributed by atoms with Gasteiger partial charge in [0.15, 0.2) is 0 Å². The molecule has 1 rings (SSSR count). The van der Waals surface area contributed by atoms with Gasteiger partial charge >= 0.3 is 6.18 Å². The van der Waals surface area contributed by atoms with Gasteiger partial charge in [-0.3, -0.25) is 0 Å². The van der Waals surface area contributed by atoms with Crippen LogP contribution in [0.4, 0.5) is 13.2 Å². The second-order valence-corrected chi connectivity index (χ2v) is 4.14. The highest BCUT2D eigenvalue weighted by atomic mass is 35.5. The number of aliphatic hydroxyl groups is 1. The fourth-order valence-electron chi connectivity index (χ4n) is 1.44. The van der Waals surface area contributed by atoms with Gasteiger partial charge in [-0.05, 0) is 30.2 Å². The Kier molecular flexibility index (Phi) is 4.41. The van der Waals surface area contributed by atoms with Gasteiger partial charge in [-0.2, -0.15) is 13.2 Å². The van der Waals surface area contributed by atoms with Crippen LogP contribution in [0.2, 0.25) is 5.02 Å². The molecular formula is C11H13ClF3NO. The minimum absolute atomic E-state index is 0.107. The minimum atomic E-state index is -4.45. The molecule has 0 aliphatic carbocycles. The first-order chi connectivity index (χ1) is 7.77. The molecule has 0 heterocycles. The van der Waals surface area contributed by atoms with Gasteiger partial charge in [0.1, 0.15) is 0 Å². The summed E-state index contributed by atoms with van der Waals surface area (Å²) in [6.07, 6.45) is -5.03. The molecule has 0 bridgehead atoms. The molecule has 0 aliphatic rings. The van der Waals surface area contributed by atoms with E-state index in [1.807, 2.05) is 0 Å². The smallest absolute Gasteiger partial charge is 0.391 e. The zero-order chi connectivity index (χ0) is 13.2. The van der Waals surface area contributed by atoms with E-state index in [4.69, 9.17) is 17.3 Å². The highest BCUT2D eigenvalue weighted by molar-refractivity contribution is 6.31. The normalized spacial score (nSPS) is 15.7. The SMILES string of the molecule is CC[C@@H](O)[C@@H](N)c1cc(C(F)(F)F)ccc1Cl. The Morgan fingerprint density at radius 1 is 1.41 bits per heavy atom. The number of hydrogen-bond donors (Lipinski definition) is 2. The molecule has 0 amide bonds. The first-order valence-electron chi connectivity index (χ1n) is 5.07. The van der Waals surface area contributed by atoms with Crippen LogP contribution in [0, 0.1) is 0 Å². The topological polar surface area (TPSA) is 46.2 Å². The van der Waals surface area contributed by atoms with Crippen molar-refractivity contribution in [3.05, 3.63) is 34.3 Å². The lowest BCUT2D eigenvalue weighted by molar-refractivity contribution is -0.137. The van der Waals surface area contributed by atoms with E-state index in [1.54, 1.807) is 6.92 Å². The molecule has 0 aromatic heterocycles. The summed E-state index contributed by atoms with van der Waals surface area (Å²) in [6, 6.07) is 1.99. The molecule has 0 unspecified atom stereocenters. The van der Waals surface area contributed by atoms with Crippen LogP contribution < -0.4 is 5.73 Å². The van der Waals surface area contributed by atoms with Gasteiger partial charge in [-0.25, -0.2) is 0 Å². The molecule has 0 fully saturated rings. The number of rotatable bonds is 3. The van der Waals surface area contributed by atoms with Crippen molar-refractivity contribution >= 4 is 11.6 Å². The molecule has 96 valence electrons. The summed E-state index contributed by atoms with van der Waals surface area (Å²) in [5.41, 5.74) is 4.94. The molecular weight excluding hydrogens is 255 g/mol. The summed E-state index contributed by atoms with van der Waals surface area (Å²) in [5, 5.41) is 9.66. The van der Waals surface area contributed by atoms with Gasteiger partial charge < -0.3 is 10.8 Å². The average Bonchev–Trinajstić information content (AvgIpc) is 2.26. The third kappa shape index (κ3) is 3.34. The maximum absolute atomic E-state index is 12.5. The summed E-state index contributed by atoms with van der Waals surface area (Å²) in [4.78, 5) is 0. The lowest BCUT2D eigenvalue weighted by Gasteiger charge is -2.20. The second-order valence-electron chi connectivity index (χ2n) is 3.74. The van der Waals surface area contributed by atoms with Gasteiger partial charge in [0.25, 0.3) is 0 Å². The van der Waals surface area contributed by atoms with Crippen LogP contribution >= 0.6 is 11.6 Å². The van der Waals surface area contributed by atoms with E-state index in [2.05, 4.69) is 0 Å². The van der Waals surface area contributed by atoms with Crippen LogP contribution in [0.1, 0.15) is 30.5 Å². The lowest BCUT2D eigenvalue weighted by atomic mass is 9.98. The van der Waals surface area contributed by atoms with Gasteiger partial charge in [0, 0.05) is 5.02 Å². The van der Waals surface area contributed by atoms with Crippen molar-refractivity contribution < 1.29 is 18.3 Å². The number of benzene rings is 1. The molecule has 3 N–H and O–H groups in total. The van der Waals surface area contributed by atoms with Crippen molar-refractivity contribution in [1.29, 1.82) is 0 Å². The van der Waals surface area contributed by atoms with Gasteiger partial charge in [0.05, 0.1) is 17.7 Å². The second kappa shape index (κ2) is 5.25. The van der Waals surface area contributed by atoms with Gasteiger partial charge in [-0.1, -0.05) is 18.5 Å². The van der Waals surface area contributed by atoms with E-state index < -0.39 is 23.9 Å². The predicted octanol–water partition coefficient (Wildman–Crippen LogP) is 3.13. The molecule has 2 nitrogen and oxygen atoms in total. The summed E-state index contributed by atoms with van der Waals surface area (Å²) in [7, 11) is 0. The molecule has 0 saturated heterocycles. The summed E-state index contributed by atoms with van der Waals surface area (Å²) >= 11 is 5.78. The highest BCUT2D eigenvalue weighted by Crippen LogP contribution is 2.34. The monoisotopic (exact) mass is 267 g/mol. The molecule has 0 aliphatic heterocycles.